The number of methoxy groups -OCH3 is 1. The molecule has 0 aliphatic carbocycles. The van der Waals surface area contributed by atoms with Crippen LogP contribution in [-0.4, -0.2) is 208 Å². The quantitative estimate of drug-likeness (QED) is 0.108. The highest BCUT2D eigenvalue weighted by molar-refractivity contribution is 6.13. The number of hydrogen-bond acceptors (Lipinski definition) is 17. The average Bonchev–Trinajstić information content (AvgIpc) is 4.06. The van der Waals surface area contributed by atoms with E-state index in [1.807, 2.05) is 11.9 Å². The molecule has 0 aromatic carbocycles. The Hall–Kier alpha value is -3.02. The van der Waals surface area contributed by atoms with Gasteiger partial charge in [0.2, 0.25) is 5.91 Å². The molecule has 1 spiro atoms. The van der Waals surface area contributed by atoms with E-state index in [0.29, 0.717) is 84.3 Å². The van der Waals surface area contributed by atoms with Crippen LogP contribution in [0.1, 0.15) is 103 Å². The molecule has 9 aliphatic rings. The molecule has 0 aromatic heterocycles. The zero-order valence-electron chi connectivity index (χ0n) is 43.2. The van der Waals surface area contributed by atoms with Gasteiger partial charge < -0.3 is 67.8 Å². The van der Waals surface area contributed by atoms with E-state index in [1.54, 1.807) is 7.11 Å². The fraction of sp³-hybridized carbons (Fsp3) is 0.815. The predicted octanol–water partition coefficient (Wildman–Crippen LogP) is 2.86. The van der Waals surface area contributed by atoms with E-state index >= 15 is 0 Å². The summed E-state index contributed by atoms with van der Waals surface area (Å²) in [5, 5.41) is 25.5. The first-order valence-corrected chi connectivity index (χ1v) is 27.2. The molecular weight excluding hydrogens is 947 g/mol. The van der Waals surface area contributed by atoms with Crippen molar-refractivity contribution >= 4 is 23.5 Å². The zero-order chi connectivity index (χ0) is 51.4. The van der Waals surface area contributed by atoms with Crippen molar-refractivity contribution in [1.82, 2.24) is 15.1 Å². The van der Waals surface area contributed by atoms with Gasteiger partial charge in [-0.2, -0.15) is 0 Å². The van der Waals surface area contributed by atoms with E-state index in [9.17, 15) is 29.4 Å². The summed E-state index contributed by atoms with van der Waals surface area (Å²) in [6.45, 7) is 13.8. The Balaban J connectivity index is 0.789. The van der Waals surface area contributed by atoms with Crippen molar-refractivity contribution < 1.29 is 76.8 Å². The number of Topliss-reactive ketones (excluding diaryl/α,β-unsaturated/α-hetero) is 1. The number of nitrogens with one attached hydrogen (secondary N) is 1. The van der Waals surface area contributed by atoms with E-state index in [1.165, 1.54) is 12.2 Å². The second kappa shape index (κ2) is 24.5. The Kier molecular flexibility index (Phi) is 18.4. The highest BCUT2D eigenvalue weighted by atomic mass is 16.7. The molecule has 8 saturated heterocycles. The third kappa shape index (κ3) is 13.4. The van der Waals surface area contributed by atoms with Crippen LogP contribution in [-0.2, 0) is 66.5 Å². The van der Waals surface area contributed by atoms with E-state index < -0.39 is 54.2 Å². The highest BCUT2D eigenvalue weighted by Crippen LogP contribution is 2.49. The summed E-state index contributed by atoms with van der Waals surface area (Å²) in [6.07, 6.45) is 5.19. The van der Waals surface area contributed by atoms with Gasteiger partial charge in [0.05, 0.1) is 106 Å². The SMILES string of the molecule is C=C1C[C@@H]2CC[C@]34C[C@@H](O)[C@H](O3)[C@H]3C[C@@H](O4)[C@H]4O[C@H](CC[C@@H]4O3)CC(=O)C[C@@H]3[C@@H](OC)[C@@H](C[C@H](O)CN(C)CCOCCOCCNC(=O)CCN4C(=O)C=CC4=O)O[C@H]3C[C@H]3O[C@@H](CC[C@@H]1O2)C[C@@H](C)C3=C. The van der Waals surface area contributed by atoms with Crippen LogP contribution < -0.4 is 5.32 Å². The first-order chi connectivity index (χ1) is 35.1. The third-order valence-corrected chi connectivity index (χ3v) is 16.9. The van der Waals surface area contributed by atoms with Crippen molar-refractivity contribution in [3.8, 4) is 0 Å². The fourth-order valence-corrected chi connectivity index (χ4v) is 13.0. The van der Waals surface area contributed by atoms with Crippen molar-refractivity contribution in [1.29, 1.82) is 0 Å². The number of aliphatic hydroxyl groups excluding tert-OH is 2. The maximum absolute atomic E-state index is 14.4. The van der Waals surface area contributed by atoms with Crippen LogP contribution in [0.4, 0.5) is 0 Å². The number of amides is 3. The first kappa shape index (κ1) is 54.8. The van der Waals surface area contributed by atoms with E-state index in [0.717, 1.165) is 41.7 Å². The van der Waals surface area contributed by atoms with Gasteiger partial charge >= 0.3 is 0 Å². The van der Waals surface area contributed by atoms with Gasteiger partial charge in [-0.15, -0.1) is 0 Å². The lowest BCUT2D eigenvalue weighted by Crippen LogP contribution is -2.58. The third-order valence-electron chi connectivity index (χ3n) is 16.9. The summed E-state index contributed by atoms with van der Waals surface area (Å²) < 4.78 is 65.0. The largest absolute Gasteiger partial charge is 0.392 e. The Bertz CT molecular complexity index is 1990. The Labute approximate surface area is 429 Å². The summed E-state index contributed by atoms with van der Waals surface area (Å²) in [4.78, 5) is 52.8. The predicted molar refractivity (Wildman–Crippen MR) is 262 cm³/mol. The topological polar surface area (TPSA) is 220 Å². The fourth-order valence-electron chi connectivity index (χ4n) is 13.0. The molecule has 0 radical (unpaired) electrons. The molecule has 9 aliphatic heterocycles. The van der Waals surface area contributed by atoms with Crippen LogP contribution in [0, 0.1) is 11.8 Å². The van der Waals surface area contributed by atoms with Crippen molar-refractivity contribution in [3.05, 3.63) is 36.5 Å². The van der Waals surface area contributed by atoms with Crippen molar-refractivity contribution in [2.45, 2.75) is 201 Å². The Morgan fingerprint density at radius 1 is 0.836 bits per heavy atom. The highest BCUT2D eigenvalue weighted by Gasteiger charge is 2.60. The molecule has 73 heavy (non-hydrogen) atoms. The maximum Gasteiger partial charge on any atom is 0.253 e. The first-order valence-electron chi connectivity index (χ1n) is 27.2. The molecule has 9 rings (SSSR count). The summed E-state index contributed by atoms with van der Waals surface area (Å²) in [5.74, 6) is -2.10. The molecule has 10 bridgehead atoms. The Morgan fingerprint density at radius 2 is 1.59 bits per heavy atom. The second-order valence-corrected chi connectivity index (χ2v) is 22.3. The van der Waals surface area contributed by atoms with Crippen LogP contribution in [0.15, 0.2) is 36.5 Å². The van der Waals surface area contributed by atoms with Gasteiger partial charge in [0, 0.05) is 103 Å². The second-order valence-electron chi connectivity index (χ2n) is 22.3. The number of carbonyl (C=O) groups excluding carboxylic acids is 4. The van der Waals surface area contributed by atoms with E-state index in [4.69, 9.17) is 47.4 Å². The van der Waals surface area contributed by atoms with Crippen molar-refractivity contribution in [2.75, 3.05) is 66.8 Å². The van der Waals surface area contributed by atoms with Crippen LogP contribution in [0.2, 0.25) is 0 Å². The summed E-state index contributed by atoms with van der Waals surface area (Å²) in [7, 11) is 3.58. The molecular formula is C54H81N3O16. The smallest absolute Gasteiger partial charge is 0.253 e. The molecule has 18 atom stereocenters. The van der Waals surface area contributed by atoms with Crippen LogP contribution >= 0.6 is 0 Å². The molecule has 8 fully saturated rings. The summed E-state index contributed by atoms with van der Waals surface area (Å²) >= 11 is 0. The van der Waals surface area contributed by atoms with Crippen LogP contribution in [0.3, 0.4) is 0 Å². The number of ketones is 1. The summed E-state index contributed by atoms with van der Waals surface area (Å²) in [5.41, 5.74) is 2.11. The molecule has 0 aromatic rings. The molecule has 0 unspecified atom stereocenters. The van der Waals surface area contributed by atoms with E-state index in [-0.39, 0.29) is 117 Å². The maximum atomic E-state index is 14.4. The van der Waals surface area contributed by atoms with Gasteiger partial charge in [-0.3, -0.25) is 24.1 Å². The molecule has 19 nitrogen and oxygen atoms in total. The number of likely N-dealkylation sites (N-methyl/N-ethyl adjacent to an activating group) is 1. The van der Waals surface area contributed by atoms with Gasteiger partial charge in [0.1, 0.15) is 18.0 Å². The number of nitrogens with zero attached hydrogens (tertiary/aromatic N) is 2. The van der Waals surface area contributed by atoms with Gasteiger partial charge in [0.15, 0.2) is 5.79 Å². The molecule has 3 amide bonds. The van der Waals surface area contributed by atoms with Gasteiger partial charge in [-0.05, 0) is 69.1 Å². The number of carbonyl (C=O) groups is 4. The van der Waals surface area contributed by atoms with E-state index in [2.05, 4.69) is 25.4 Å². The monoisotopic (exact) mass is 1030 g/mol. The lowest BCUT2D eigenvalue weighted by atomic mass is 9.81. The normalized spacial score (nSPS) is 40.2. The zero-order valence-corrected chi connectivity index (χ0v) is 43.2. The minimum absolute atomic E-state index is 0.0211. The van der Waals surface area contributed by atoms with Gasteiger partial charge in [-0.25, -0.2) is 0 Å². The Morgan fingerprint density at radius 3 is 2.38 bits per heavy atom. The van der Waals surface area contributed by atoms with Crippen molar-refractivity contribution in [2.24, 2.45) is 11.8 Å². The minimum Gasteiger partial charge on any atom is -0.392 e. The number of rotatable bonds is 17. The van der Waals surface area contributed by atoms with Gasteiger partial charge in [-0.1, -0.05) is 20.1 Å². The number of imide groups is 1. The molecule has 9 heterocycles. The standard InChI is InChI=1S/C54H81N3O16/c1-31-22-36-6-8-41-32(2)23-38(67-41)12-14-54-29-40(60)52(73-54)46-28-47(72-54)53-42(70-46)9-7-37(69-53)24-34(58)25-39-44(27-43(68-36)33(31)3)71-45(51(39)64-5)26-35(59)30-56(4)17-19-66-21-20-65-18-15-55-48(61)13-16-57-49(62)10-11-50(57)63/h10-11,31,35-47,51-53,59-60H,2-3,6-9,12-30H2,1,4-5H3,(H,55,61)/t31-,35+,36+,37-,38+,39+,40-,41+,42+,43-,44+,45-,46-,47-,51-,52+,53+,54-/m1/s1. The lowest BCUT2D eigenvalue weighted by Gasteiger charge is -2.47. The van der Waals surface area contributed by atoms with Crippen molar-refractivity contribution in [3.63, 3.8) is 0 Å². The van der Waals surface area contributed by atoms with Crippen LogP contribution in [0.5, 0.6) is 0 Å². The number of ether oxygens (including phenoxy) is 10. The summed E-state index contributed by atoms with van der Waals surface area (Å²) in [6, 6.07) is 0. The number of hydrogen-bond donors (Lipinski definition) is 3. The minimum atomic E-state index is -0.983. The molecule has 3 N–H and O–H groups in total. The number of fused-ring (bicyclic) bond motifs is 9. The lowest BCUT2D eigenvalue weighted by molar-refractivity contribution is -0.277. The van der Waals surface area contributed by atoms with Crippen LogP contribution in [0.25, 0.3) is 0 Å². The number of aliphatic hydroxyl groups is 2. The molecule has 0 saturated carbocycles. The molecule has 19 heteroatoms. The van der Waals surface area contributed by atoms with Gasteiger partial charge in [0.25, 0.3) is 11.8 Å². The average molecular weight is 1030 g/mol. The molecule has 408 valence electrons.